The molecule has 0 radical (unpaired) electrons. The van der Waals surface area contributed by atoms with Crippen molar-refractivity contribution >= 4 is 27.3 Å². The number of nitrogens with one attached hydrogen (secondary N) is 2. The maximum Gasteiger partial charge on any atom is 0.241 e. The molecule has 0 saturated heterocycles. The summed E-state index contributed by atoms with van der Waals surface area (Å²) in [7, 11) is -3.29. The van der Waals surface area contributed by atoms with Crippen LogP contribution < -0.4 is 15.8 Å². The summed E-state index contributed by atoms with van der Waals surface area (Å²) < 4.78 is 25.3. The summed E-state index contributed by atoms with van der Waals surface area (Å²) in [6.07, 6.45) is 0.611. The van der Waals surface area contributed by atoms with Crippen molar-refractivity contribution in [3.8, 4) is 0 Å². The molecular formula is C14H23N3O3S. The van der Waals surface area contributed by atoms with Crippen LogP contribution in [0.1, 0.15) is 27.2 Å². The van der Waals surface area contributed by atoms with E-state index in [0.29, 0.717) is 23.7 Å². The van der Waals surface area contributed by atoms with Gasteiger partial charge in [-0.3, -0.25) is 9.52 Å². The standard InChI is InChI=1S/C14H23N3O3S/c1-4-21(19,20)17-12-7-5-11(6-8-12)16-14(18)13(15)9-10(2)3/h5-8,10,13,17H,4,9,15H2,1-3H3,(H,16,18)/t13-/m0/s1. The maximum absolute atomic E-state index is 11.9. The molecule has 0 unspecified atom stereocenters. The molecule has 0 aliphatic carbocycles. The first-order valence-corrected chi connectivity index (χ1v) is 8.55. The first-order chi connectivity index (χ1) is 9.73. The van der Waals surface area contributed by atoms with E-state index >= 15 is 0 Å². The number of hydrogen-bond donors (Lipinski definition) is 3. The molecule has 0 bridgehead atoms. The van der Waals surface area contributed by atoms with Crippen LogP contribution in [0.4, 0.5) is 11.4 Å². The molecule has 0 spiro atoms. The molecule has 0 heterocycles. The third-order valence-electron chi connectivity index (χ3n) is 2.87. The van der Waals surface area contributed by atoms with Gasteiger partial charge < -0.3 is 11.1 Å². The Hall–Kier alpha value is -1.60. The molecule has 6 nitrogen and oxygen atoms in total. The number of nitrogens with two attached hydrogens (primary N) is 1. The molecule has 0 aliphatic heterocycles. The summed E-state index contributed by atoms with van der Waals surface area (Å²) in [6.45, 7) is 5.57. The van der Waals surface area contributed by atoms with Crippen LogP contribution in [0.15, 0.2) is 24.3 Å². The van der Waals surface area contributed by atoms with Gasteiger partial charge in [-0.2, -0.15) is 0 Å². The number of sulfonamides is 1. The fourth-order valence-electron chi connectivity index (χ4n) is 1.72. The molecule has 0 aliphatic rings. The molecule has 118 valence electrons. The van der Waals surface area contributed by atoms with Gasteiger partial charge in [0.05, 0.1) is 11.8 Å². The van der Waals surface area contributed by atoms with Gasteiger partial charge in [-0.05, 0) is 43.5 Å². The number of anilines is 2. The Kier molecular flexibility index (Phi) is 6.17. The molecular weight excluding hydrogens is 290 g/mol. The normalized spacial score (nSPS) is 13.0. The van der Waals surface area contributed by atoms with Crippen molar-refractivity contribution in [2.45, 2.75) is 33.2 Å². The lowest BCUT2D eigenvalue weighted by Gasteiger charge is -2.14. The average molecular weight is 313 g/mol. The number of benzene rings is 1. The zero-order valence-electron chi connectivity index (χ0n) is 12.6. The van der Waals surface area contributed by atoms with Crippen molar-refractivity contribution in [2.75, 3.05) is 15.8 Å². The van der Waals surface area contributed by atoms with Crippen molar-refractivity contribution in [1.29, 1.82) is 0 Å². The summed E-state index contributed by atoms with van der Waals surface area (Å²) >= 11 is 0. The quantitative estimate of drug-likeness (QED) is 0.714. The predicted octanol–water partition coefficient (Wildman–Crippen LogP) is 1.76. The minimum absolute atomic E-state index is 0.00947. The summed E-state index contributed by atoms with van der Waals surface area (Å²) in [5.41, 5.74) is 6.84. The Morgan fingerprint density at radius 1 is 1.19 bits per heavy atom. The smallest absolute Gasteiger partial charge is 0.241 e. The van der Waals surface area contributed by atoms with E-state index in [1.807, 2.05) is 13.8 Å². The van der Waals surface area contributed by atoms with Crippen molar-refractivity contribution < 1.29 is 13.2 Å². The van der Waals surface area contributed by atoms with Gasteiger partial charge in [-0.25, -0.2) is 8.42 Å². The van der Waals surface area contributed by atoms with E-state index in [-0.39, 0.29) is 11.7 Å². The number of carbonyl (C=O) groups excluding carboxylic acids is 1. The minimum Gasteiger partial charge on any atom is -0.325 e. The fraction of sp³-hybridized carbons (Fsp3) is 0.500. The molecule has 1 rings (SSSR count). The highest BCUT2D eigenvalue weighted by Crippen LogP contribution is 2.15. The third kappa shape index (κ3) is 6.14. The largest absolute Gasteiger partial charge is 0.325 e. The second-order valence-electron chi connectivity index (χ2n) is 5.31. The lowest BCUT2D eigenvalue weighted by Crippen LogP contribution is -2.36. The fourth-order valence-corrected chi connectivity index (χ4v) is 2.36. The highest BCUT2D eigenvalue weighted by Gasteiger charge is 2.15. The molecule has 7 heteroatoms. The maximum atomic E-state index is 11.9. The summed E-state index contributed by atoms with van der Waals surface area (Å²) in [5.74, 6) is 0.109. The van der Waals surface area contributed by atoms with Gasteiger partial charge >= 0.3 is 0 Å². The highest BCUT2D eigenvalue weighted by atomic mass is 32.2. The van der Waals surface area contributed by atoms with Crippen molar-refractivity contribution in [1.82, 2.24) is 0 Å². The Balaban J connectivity index is 2.65. The highest BCUT2D eigenvalue weighted by molar-refractivity contribution is 7.92. The molecule has 1 aromatic rings. The van der Waals surface area contributed by atoms with Crippen LogP contribution >= 0.6 is 0 Å². The zero-order chi connectivity index (χ0) is 16.0. The number of carbonyl (C=O) groups is 1. The van der Waals surface area contributed by atoms with E-state index in [2.05, 4.69) is 10.0 Å². The first kappa shape index (κ1) is 17.5. The first-order valence-electron chi connectivity index (χ1n) is 6.90. The van der Waals surface area contributed by atoms with Crippen LogP contribution in [-0.4, -0.2) is 26.1 Å². The number of hydrogen-bond acceptors (Lipinski definition) is 4. The van der Waals surface area contributed by atoms with Crippen molar-refractivity contribution in [3.05, 3.63) is 24.3 Å². The lowest BCUT2D eigenvalue weighted by molar-refractivity contribution is -0.117. The topological polar surface area (TPSA) is 101 Å². The molecule has 21 heavy (non-hydrogen) atoms. The Morgan fingerprint density at radius 3 is 2.19 bits per heavy atom. The van der Waals surface area contributed by atoms with Gasteiger partial charge in [-0.15, -0.1) is 0 Å². The second kappa shape index (κ2) is 7.42. The predicted molar refractivity (Wildman–Crippen MR) is 85.6 cm³/mol. The van der Waals surface area contributed by atoms with Crippen LogP contribution in [0.25, 0.3) is 0 Å². The monoisotopic (exact) mass is 313 g/mol. The van der Waals surface area contributed by atoms with Gasteiger partial charge in [0.15, 0.2) is 0 Å². The SMILES string of the molecule is CCS(=O)(=O)Nc1ccc(NC(=O)[C@@H](N)CC(C)C)cc1. The Morgan fingerprint density at radius 2 is 1.71 bits per heavy atom. The van der Waals surface area contributed by atoms with Crippen LogP contribution in [0.3, 0.4) is 0 Å². The van der Waals surface area contributed by atoms with Crippen LogP contribution in [0.5, 0.6) is 0 Å². The number of rotatable bonds is 7. The molecule has 0 fully saturated rings. The van der Waals surface area contributed by atoms with Crippen LogP contribution in [0, 0.1) is 5.92 Å². The van der Waals surface area contributed by atoms with E-state index in [4.69, 9.17) is 5.73 Å². The molecule has 1 atom stereocenters. The van der Waals surface area contributed by atoms with E-state index in [1.165, 1.54) is 0 Å². The molecule has 1 aromatic carbocycles. The summed E-state index contributed by atoms with van der Waals surface area (Å²) in [6, 6.07) is 5.90. The van der Waals surface area contributed by atoms with Gasteiger partial charge in [0.1, 0.15) is 0 Å². The summed E-state index contributed by atoms with van der Waals surface area (Å²) in [4.78, 5) is 11.9. The lowest BCUT2D eigenvalue weighted by atomic mass is 10.0. The molecule has 0 aromatic heterocycles. The van der Waals surface area contributed by atoms with Gasteiger partial charge in [0.2, 0.25) is 15.9 Å². The second-order valence-corrected chi connectivity index (χ2v) is 7.32. The van der Waals surface area contributed by atoms with Crippen LogP contribution in [0.2, 0.25) is 0 Å². The average Bonchev–Trinajstić information content (AvgIpc) is 2.40. The summed E-state index contributed by atoms with van der Waals surface area (Å²) in [5, 5.41) is 2.71. The van der Waals surface area contributed by atoms with Gasteiger partial charge in [0.25, 0.3) is 0 Å². The molecule has 0 saturated carbocycles. The van der Waals surface area contributed by atoms with E-state index < -0.39 is 16.1 Å². The number of amides is 1. The van der Waals surface area contributed by atoms with Gasteiger partial charge in [-0.1, -0.05) is 13.8 Å². The Labute approximate surface area is 126 Å². The minimum atomic E-state index is -3.29. The molecule has 4 N–H and O–H groups in total. The van der Waals surface area contributed by atoms with E-state index in [9.17, 15) is 13.2 Å². The van der Waals surface area contributed by atoms with Crippen molar-refractivity contribution in [3.63, 3.8) is 0 Å². The van der Waals surface area contributed by atoms with Gasteiger partial charge in [0, 0.05) is 11.4 Å². The van der Waals surface area contributed by atoms with E-state index in [1.54, 1.807) is 31.2 Å². The molecule has 1 amide bonds. The third-order valence-corrected chi connectivity index (χ3v) is 4.17. The zero-order valence-corrected chi connectivity index (χ0v) is 13.4. The van der Waals surface area contributed by atoms with Crippen LogP contribution in [-0.2, 0) is 14.8 Å². The Bertz CT molecular complexity index is 568. The van der Waals surface area contributed by atoms with Crippen molar-refractivity contribution in [2.24, 2.45) is 11.7 Å². The van der Waals surface area contributed by atoms with E-state index in [0.717, 1.165) is 0 Å².